The van der Waals surface area contributed by atoms with E-state index in [1.165, 1.54) is 27.1 Å². The summed E-state index contributed by atoms with van der Waals surface area (Å²) in [6.07, 6.45) is 3.24. The molecule has 0 aliphatic carbocycles. The van der Waals surface area contributed by atoms with Crippen molar-refractivity contribution >= 4 is 21.1 Å². The maximum absolute atomic E-state index is 13.4. The van der Waals surface area contributed by atoms with E-state index in [1.807, 2.05) is 6.07 Å². The molecule has 1 fully saturated rings. The summed E-state index contributed by atoms with van der Waals surface area (Å²) >= 11 is 0. The maximum atomic E-state index is 13.4. The van der Waals surface area contributed by atoms with Gasteiger partial charge in [0.25, 0.3) is 0 Å². The summed E-state index contributed by atoms with van der Waals surface area (Å²) in [6, 6.07) is 9.84. The van der Waals surface area contributed by atoms with Gasteiger partial charge in [0.15, 0.2) is 5.58 Å². The predicted octanol–water partition coefficient (Wildman–Crippen LogP) is 1.90. The molecule has 3 aromatic rings. The fourth-order valence-corrected chi connectivity index (χ4v) is 4.81. The van der Waals surface area contributed by atoms with Gasteiger partial charge in [0, 0.05) is 26.4 Å². The highest BCUT2D eigenvalue weighted by Crippen LogP contribution is 2.24. The summed E-state index contributed by atoms with van der Waals surface area (Å²) in [7, 11) is -2.29. The molecule has 0 bridgehead atoms. The van der Waals surface area contributed by atoms with Gasteiger partial charge in [-0.15, -0.1) is 0 Å². The minimum Gasteiger partial charge on any atom is -0.408 e. The van der Waals surface area contributed by atoms with E-state index in [0.29, 0.717) is 23.4 Å². The molecule has 1 aliphatic rings. The highest BCUT2D eigenvalue weighted by Gasteiger charge is 2.30. The number of aromatic nitrogens is 2. The number of sulfonamides is 1. The van der Waals surface area contributed by atoms with E-state index in [-0.39, 0.29) is 24.1 Å². The minimum atomic E-state index is -3.83. The molecule has 148 valence electrons. The Bertz CT molecular complexity index is 1130. The standard InChI is InChI=1S/C19H21N3O5S/c1-21-17-11-16(7-8-18(17)27-19(21)23)28(24,25)22(13-15-6-4-10-26-15)12-14-5-2-3-9-20-14/h2-3,5,7-9,11,15H,4,6,10,12-13H2,1H3. The van der Waals surface area contributed by atoms with E-state index in [1.54, 1.807) is 25.4 Å². The highest BCUT2D eigenvalue weighted by molar-refractivity contribution is 7.89. The molecule has 4 rings (SSSR count). The number of nitrogens with zero attached hydrogens (tertiary/aromatic N) is 3. The summed E-state index contributed by atoms with van der Waals surface area (Å²) in [5, 5.41) is 0. The Morgan fingerprint density at radius 3 is 2.86 bits per heavy atom. The molecule has 0 saturated carbocycles. The summed E-state index contributed by atoms with van der Waals surface area (Å²) in [6.45, 7) is 1.04. The number of ether oxygens (including phenoxy) is 1. The molecule has 0 N–H and O–H groups in total. The Kier molecular flexibility index (Phi) is 5.05. The first-order valence-electron chi connectivity index (χ1n) is 9.06. The Hall–Kier alpha value is -2.49. The Morgan fingerprint density at radius 2 is 2.14 bits per heavy atom. The molecule has 0 amide bonds. The van der Waals surface area contributed by atoms with Crippen LogP contribution in [0.25, 0.3) is 11.1 Å². The van der Waals surface area contributed by atoms with Crippen LogP contribution in [0, 0.1) is 0 Å². The second-order valence-electron chi connectivity index (χ2n) is 6.81. The maximum Gasteiger partial charge on any atom is 0.419 e. The molecule has 1 atom stereocenters. The number of hydrogen-bond donors (Lipinski definition) is 0. The van der Waals surface area contributed by atoms with E-state index in [0.717, 1.165) is 12.8 Å². The molecule has 1 saturated heterocycles. The van der Waals surface area contributed by atoms with Gasteiger partial charge < -0.3 is 9.15 Å². The first-order valence-corrected chi connectivity index (χ1v) is 10.5. The number of fused-ring (bicyclic) bond motifs is 1. The molecule has 1 unspecified atom stereocenters. The van der Waals surface area contributed by atoms with Crippen LogP contribution in [0.5, 0.6) is 0 Å². The van der Waals surface area contributed by atoms with Crippen LogP contribution in [-0.2, 0) is 28.4 Å². The molecule has 28 heavy (non-hydrogen) atoms. The third kappa shape index (κ3) is 3.60. The van der Waals surface area contributed by atoms with Gasteiger partial charge in [0.05, 0.1) is 28.8 Å². The topological polar surface area (TPSA) is 94.6 Å². The van der Waals surface area contributed by atoms with Crippen LogP contribution in [0.4, 0.5) is 0 Å². The van der Waals surface area contributed by atoms with Crippen LogP contribution < -0.4 is 5.76 Å². The zero-order valence-electron chi connectivity index (χ0n) is 15.4. The SMILES string of the molecule is Cn1c(=O)oc2ccc(S(=O)(=O)N(Cc3ccccn3)CC3CCCO3)cc21. The minimum absolute atomic E-state index is 0.102. The second-order valence-corrected chi connectivity index (χ2v) is 8.75. The second kappa shape index (κ2) is 7.50. The summed E-state index contributed by atoms with van der Waals surface area (Å²) in [5.41, 5.74) is 1.43. The van der Waals surface area contributed by atoms with Crippen LogP contribution in [0.1, 0.15) is 18.5 Å². The van der Waals surface area contributed by atoms with Gasteiger partial charge in [-0.3, -0.25) is 9.55 Å². The Labute approximate surface area is 162 Å². The third-order valence-corrected chi connectivity index (χ3v) is 6.70. The van der Waals surface area contributed by atoms with Crippen LogP contribution in [0.2, 0.25) is 0 Å². The molecule has 0 radical (unpaired) electrons. The van der Waals surface area contributed by atoms with Crippen molar-refractivity contribution < 1.29 is 17.6 Å². The monoisotopic (exact) mass is 403 g/mol. The average Bonchev–Trinajstić information content (AvgIpc) is 3.30. The van der Waals surface area contributed by atoms with E-state index in [2.05, 4.69) is 4.98 Å². The molecular weight excluding hydrogens is 382 g/mol. The van der Waals surface area contributed by atoms with E-state index in [4.69, 9.17) is 9.15 Å². The van der Waals surface area contributed by atoms with Crippen molar-refractivity contribution in [2.24, 2.45) is 7.05 Å². The molecule has 0 spiro atoms. The lowest BCUT2D eigenvalue weighted by Crippen LogP contribution is -2.37. The van der Waals surface area contributed by atoms with E-state index in [9.17, 15) is 13.2 Å². The van der Waals surface area contributed by atoms with Crippen LogP contribution in [0.3, 0.4) is 0 Å². The third-order valence-electron chi connectivity index (χ3n) is 4.90. The van der Waals surface area contributed by atoms with Gasteiger partial charge in [0.1, 0.15) is 0 Å². The number of oxazole rings is 1. The van der Waals surface area contributed by atoms with Gasteiger partial charge in [0.2, 0.25) is 10.0 Å². The average molecular weight is 403 g/mol. The lowest BCUT2D eigenvalue weighted by atomic mass is 10.2. The number of aryl methyl sites for hydroxylation is 1. The predicted molar refractivity (Wildman–Crippen MR) is 102 cm³/mol. The number of benzene rings is 1. The van der Waals surface area contributed by atoms with Gasteiger partial charge in [-0.2, -0.15) is 4.31 Å². The Morgan fingerprint density at radius 1 is 1.29 bits per heavy atom. The molecule has 3 heterocycles. The normalized spacial score (nSPS) is 17.6. The van der Waals surface area contributed by atoms with Crippen LogP contribution in [0.15, 0.2) is 56.7 Å². The molecule has 1 aromatic carbocycles. The van der Waals surface area contributed by atoms with E-state index >= 15 is 0 Å². The quantitative estimate of drug-likeness (QED) is 0.624. The van der Waals surface area contributed by atoms with Crippen LogP contribution >= 0.6 is 0 Å². The zero-order valence-corrected chi connectivity index (χ0v) is 16.3. The highest BCUT2D eigenvalue weighted by atomic mass is 32.2. The number of rotatable bonds is 6. The smallest absolute Gasteiger partial charge is 0.408 e. The number of hydrogen-bond acceptors (Lipinski definition) is 6. The first-order chi connectivity index (χ1) is 13.4. The fraction of sp³-hybridized carbons (Fsp3) is 0.368. The van der Waals surface area contributed by atoms with Crippen molar-refractivity contribution in [3.63, 3.8) is 0 Å². The van der Waals surface area contributed by atoms with Crippen molar-refractivity contribution in [1.82, 2.24) is 13.9 Å². The first kappa shape index (κ1) is 18.9. The number of pyridine rings is 1. The molecule has 9 heteroatoms. The van der Waals surface area contributed by atoms with Gasteiger partial charge in [-0.05, 0) is 43.2 Å². The fourth-order valence-electron chi connectivity index (χ4n) is 3.35. The lowest BCUT2D eigenvalue weighted by Gasteiger charge is -2.24. The van der Waals surface area contributed by atoms with Crippen molar-refractivity contribution in [3.05, 3.63) is 58.8 Å². The van der Waals surface area contributed by atoms with Crippen molar-refractivity contribution in [3.8, 4) is 0 Å². The Balaban J connectivity index is 1.72. The summed E-state index contributed by atoms with van der Waals surface area (Å²) in [4.78, 5) is 16.1. The summed E-state index contributed by atoms with van der Waals surface area (Å²) < 4.78 is 40.3. The van der Waals surface area contributed by atoms with Crippen molar-refractivity contribution in [2.45, 2.75) is 30.4 Å². The zero-order chi connectivity index (χ0) is 19.7. The molecular formula is C19H21N3O5S. The van der Waals surface area contributed by atoms with Crippen LogP contribution in [-0.4, -0.2) is 41.5 Å². The lowest BCUT2D eigenvalue weighted by molar-refractivity contribution is 0.0924. The van der Waals surface area contributed by atoms with Crippen molar-refractivity contribution in [2.75, 3.05) is 13.2 Å². The molecule has 1 aliphatic heterocycles. The largest absolute Gasteiger partial charge is 0.419 e. The van der Waals surface area contributed by atoms with Gasteiger partial charge in [-0.25, -0.2) is 13.2 Å². The van der Waals surface area contributed by atoms with Gasteiger partial charge >= 0.3 is 5.76 Å². The molecule has 2 aromatic heterocycles. The van der Waals surface area contributed by atoms with E-state index < -0.39 is 15.8 Å². The molecule has 8 nitrogen and oxygen atoms in total. The van der Waals surface area contributed by atoms with Gasteiger partial charge in [-0.1, -0.05) is 6.07 Å². The summed E-state index contributed by atoms with van der Waals surface area (Å²) in [5.74, 6) is -0.533. The van der Waals surface area contributed by atoms with Crippen molar-refractivity contribution in [1.29, 1.82) is 0 Å².